The summed E-state index contributed by atoms with van der Waals surface area (Å²) in [6, 6.07) is 5.37. The molecule has 2 aromatic rings. The SMILES string of the molecule is CCCCc1c[nH]c2cc(C(=O)N3CCCC3)ccc2c1=O. The molecule has 116 valence electrons. The van der Waals surface area contributed by atoms with E-state index in [1.807, 2.05) is 4.90 Å². The Morgan fingerprint density at radius 3 is 2.77 bits per heavy atom. The van der Waals surface area contributed by atoms with Gasteiger partial charge in [-0.05, 0) is 43.9 Å². The number of hydrogen-bond acceptors (Lipinski definition) is 2. The standard InChI is InChI=1S/C18H22N2O2/c1-2-3-6-14-12-19-16-11-13(7-8-15(16)17(14)21)18(22)20-9-4-5-10-20/h7-8,11-12H,2-6,9-10H2,1H3,(H,19,21). The highest BCUT2D eigenvalue weighted by molar-refractivity contribution is 5.97. The maximum absolute atomic E-state index is 12.5. The quantitative estimate of drug-likeness (QED) is 0.943. The van der Waals surface area contributed by atoms with E-state index >= 15 is 0 Å². The van der Waals surface area contributed by atoms with Crippen LogP contribution in [0.3, 0.4) is 0 Å². The first-order valence-electron chi connectivity index (χ1n) is 8.14. The molecular formula is C18H22N2O2. The first kappa shape index (κ1) is 14.8. The van der Waals surface area contributed by atoms with Gasteiger partial charge in [-0.3, -0.25) is 9.59 Å². The summed E-state index contributed by atoms with van der Waals surface area (Å²) in [4.78, 5) is 29.9. The van der Waals surface area contributed by atoms with Gasteiger partial charge in [0.15, 0.2) is 5.43 Å². The zero-order valence-corrected chi connectivity index (χ0v) is 13.0. The number of aromatic amines is 1. The fourth-order valence-corrected chi connectivity index (χ4v) is 3.05. The monoisotopic (exact) mass is 298 g/mol. The molecule has 1 fully saturated rings. The van der Waals surface area contributed by atoms with Gasteiger partial charge in [0.1, 0.15) is 0 Å². The number of nitrogens with zero attached hydrogens (tertiary/aromatic N) is 1. The average molecular weight is 298 g/mol. The number of carbonyl (C=O) groups excluding carboxylic acids is 1. The number of rotatable bonds is 4. The van der Waals surface area contributed by atoms with Crippen molar-refractivity contribution in [1.82, 2.24) is 9.88 Å². The molecule has 0 bridgehead atoms. The number of amides is 1. The van der Waals surface area contributed by atoms with Crippen molar-refractivity contribution in [3.8, 4) is 0 Å². The minimum Gasteiger partial charge on any atom is -0.361 e. The van der Waals surface area contributed by atoms with Crippen molar-refractivity contribution in [3.05, 3.63) is 45.7 Å². The lowest BCUT2D eigenvalue weighted by molar-refractivity contribution is 0.0793. The molecule has 22 heavy (non-hydrogen) atoms. The lowest BCUT2D eigenvalue weighted by Crippen LogP contribution is -2.27. The summed E-state index contributed by atoms with van der Waals surface area (Å²) in [6.45, 7) is 3.79. The van der Waals surface area contributed by atoms with Crippen molar-refractivity contribution in [2.45, 2.75) is 39.0 Å². The second-order valence-electron chi connectivity index (χ2n) is 6.01. The van der Waals surface area contributed by atoms with E-state index in [-0.39, 0.29) is 11.3 Å². The number of aryl methyl sites for hydroxylation is 1. The fraction of sp³-hybridized carbons (Fsp3) is 0.444. The van der Waals surface area contributed by atoms with E-state index in [9.17, 15) is 9.59 Å². The lowest BCUT2D eigenvalue weighted by atomic mass is 10.1. The van der Waals surface area contributed by atoms with E-state index in [0.29, 0.717) is 10.9 Å². The van der Waals surface area contributed by atoms with Crippen LogP contribution < -0.4 is 5.43 Å². The van der Waals surface area contributed by atoms with E-state index in [4.69, 9.17) is 0 Å². The third-order valence-electron chi connectivity index (χ3n) is 4.40. The van der Waals surface area contributed by atoms with Crippen LogP contribution in [0.2, 0.25) is 0 Å². The summed E-state index contributed by atoms with van der Waals surface area (Å²) in [6.07, 6.45) is 6.84. The number of pyridine rings is 1. The summed E-state index contributed by atoms with van der Waals surface area (Å²) in [5.74, 6) is 0.0651. The number of hydrogen-bond donors (Lipinski definition) is 1. The Hall–Kier alpha value is -2.10. The van der Waals surface area contributed by atoms with E-state index in [2.05, 4.69) is 11.9 Å². The lowest BCUT2D eigenvalue weighted by Gasteiger charge is -2.15. The third kappa shape index (κ3) is 2.78. The molecule has 1 aromatic heterocycles. The number of aromatic nitrogens is 1. The Morgan fingerprint density at radius 1 is 1.27 bits per heavy atom. The van der Waals surface area contributed by atoms with Crippen molar-refractivity contribution in [1.29, 1.82) is 0 Å². The summed E-state index contributed by atoms with van der Waals surface area (Å²) >= 11 is 0. The van der Waals surface area contributed by atoms with Crippen LogP contribution in [0.25, 0.3) is 10.9 Å². The van der Waals surface area contributed by atoms with Crippen LogP contribution in [0.1, 0.15) is 48.5 Å². The van der Waals surface area contributed by atoms with E-state index in [1.54, 1.807) is 24.4 Å². The van der Waals surface area contributed by atoms with E-state index in [1.165, 1.54) is 0 Å². The molecule has 2 heterocycles. The van der Waals surface area contributed by atoms with Gasteiger partial charge < -0.3 is 9.88 Å². The fourth-order valence-electron chi connectivity index (χ4n) is 3.05. The van der Waals surface area contributed by atoms with Gasteiger partial charge in [0, 0.05) is 35.8 Å². The molecule has 1 aromatic carbocycles. The highest BCUT2D eigenvalue weighted by Crippen LogP contribution is 2.16. The number of unbranched alkanes of at least 4 members (excludes halogenated alkanes) is 1. The van der Waals surface area contributed by atoms with Gasteiger partial charge in [-0.15, -0.1) is 0 Å². The van der Waals surface area contributed by atoms with Crippen LogP contribution in [-0.4, -0.2) is 28.9 Å². The Balaban J connectivity index is 1.93. The van der Waals surface area contributed by atoms with E-state index < -0.39 is 0 Å². The van der Waals surface area contributed by atoms with Crippen LogP contribution in [0.5, 0.6) is 0 Å². The highest BCUT2D eigenvalue weighted by atomic mass is 16.2. The molecule has 3 rings (SSSR count). The molecule has 4 heteroatoms. The first-order valence-corrected chi connectivity index (χ1v) is 8.14. The number of H-pyrrole nitrogens is 1. The molecule has 0 radical (unpaired) electrons. The Labute approximate surface area is 130 Å². The molecule has 0 unspecified atom stereocenters. The predicted octanol–water partition coefficient (Wildman–Crippen LogP) is 3.11. The minimum atomic E-state index is 0.0651. The summed E-state index contributed by atoms with van der Waals surface area (Å²) in [5.41, 5.74) is 2.32. The van der Waals surface area contributed by atoms with Crippen LogP contribution in [0.4, 0.5) is 0 Å². The van der Waals surface area contributed by atoms with Gasteiger partial charge in [-0.1, -0.05) is 13.3 Å². The third-order valence-corrected chi connectivity index (χ3v) is 4.40. The number of carbonyl (C=O) groups is 1. The molecule has 4 nitrogen and oxygen atoms in total. The summed E-state index contributed by atoms with van der Waals surface area (Å²) in [5, 5.41) is 0.673. The average Bonchev–Trinajstić information content (AvgIpc) is 3.07. The molecule has 1 aliphatic rings. The molecule has 1 amide bonds. The Bertz CT molecular complexity index is 742. The van der Waals surface area contributed by atoms with Crippen molar-refractivity contribution >= 4 is 16.8 Å². The normalized spacial score (nSPS) is 14.7. The van der Waals surface area contributed by atoms with Crippen molar-refractivity contribution in [3.63, 3.8) is 0 Å². The maximum Gasteiger partial charge on any atom is 0.253 e. The maximum atomic E-state index is 12.5. The van der Waals surface area contributed by atoms with Gasteiger partial charge in [0.05, 0.1) is 5.52 Å². The van der Waals surface area contributed by atoms with Crippen molar-refractivity contribution in [2.75, 3.05) is 13.1 Å². The van der Waals surface area contributed by atoms with E-state index in [0.717, 1.165) is 56.3 Å². The summed E-state index contributed by atoms with van der Waals surface area (Å²) in [7, 11) is 0. The van der Waals surface area contributed by atoms with Gasteiger partial charge in [-0.2, -0.15) is 0 Å². The van der Waals surface area contributed by atoms with Crippen LogP contribution in [0.15, 0.2) is 29.2 Å². The van der Waals surface area contributed by atoms with Gasteiger partial charge >= 0.3 is 0 Å². The van der Waals surface area contributed by atoms with Gasteiger partial charge in [0.2, 0.25) is 0 Å². The molecule has 1 N–H and O–H groups in total. The number of benzene rings is 1. The van der Waals surface area contributed by atoms with Crippen molar-refractivity contribution < 1.29 is 4.79 Å². The Kier molecular flexibility index (Phi) is 4.27. The predicted molar refractivity (Wildman–Crippen MR) is 88.3 cm³/mol. The smallest absolute Gasteiger partial charge is 0.253 e. The van der Waals surface area contributed by atoms with Crippen LogP contribution in [-0.2, 0) is 6.42 Å². The zero-order chi connectivity index (χ0) is 15.5. The molecular weight excluding hydrogens is 276 g/mol. The molecule has 0 spiro atoms. The first-order chi connectivity index (χ1) is 10.7. The van der Waals surface area contributed by atoms with Crippen LogP contribution >= 0.6 is 0 Å². The Morgan fingerprint density at radius 2 is 2.05 bits per heavy atom. The molecule has 1 saturated heterocycles. The molecule has 0 saturated carbocycles. The zero-order valence-electron chi connectivity index (χ0n) is 13.0. The van der Waals surface area contributed by atoms with Crippen LogP contribution in [0, 0.1) is 0 Å². The molecule has 0 aliphatic carbocycles. The molecule has 1 aliphatic heterocycles. The summed E-state index contributed by atoms with van der Waals surface area (Å²) < 4.78 is 0. The number of fused-ring (bicyclic) bond motifs is 1. The number of likely N-dealkylation sites (tertiary alicyclic amines) is 1. The second kappa shape index (κ2) is 6.34. The minimum absolute atomic E-state index is 0.0651. The molecule has 0 atom stereocenters. The van der Waals surface area contributed by atoms with Gasteiger partial charge in [-0.25, -0.2) is 0 Å². The van der Waals surface area contributed by atoms with Gasteiger partial charge in [0.25, 0.3) is 5.91 Å². The van der Waals surface area contributed by atoms with Crippen molar-refractivity contribution in [2.24, 2.45) is 0 Å². The largest absolute Gasteiger partial charge is 0.361 e. The highest BCUT2D eigenvalue weighted by Gasteiger charge is 2.19. The topological polar surface area (TPSA) is 53.2 Å². The number of nitrogens with one attached hydrogen (secondary N) is 1. The second-order valence-corrected chi connectivity index (χ2v) is 6.01.